The number of carbonyl (C=O) groups is 1. The molecule has 4 heteroatoms. The van der Waals surface area contributed by atoms with Crippen LogP contribution < -0.4 is 5.73 Å². The van der Waals surface area contributed by atoms with Crippen LogP contribution in [0.3, 0.4) is 0 Å². The van der Waals surface area contributed by atoms with Crippen LogP contribution in [0.5, 0.6) is 0 Å². The van der Waals surface area contributed by atoms with Gasteiger partial charge in [-0.15, -0.1) is 0 Å². The van der Waals surface area contributed by atoms with Gasteiger partial charge in [0.25, 0.3) is 0 Å². The molecule has 0 bridgehead atoms. The van der Waals surface area contributed by atoms with Gasteiger partial charge in [-0.2, -0.15) is 0 Å². The molecule has 1 aromatic carbocycles. The molecular formula is C15H24N2O2. The monoisotopic (exact) mass is 264 g/mol. The predicted molar refractivity (Wildman–Crippen MR) is 76.5 cm³/mol. The van der Waals surface area contributed by atoms with E-state index in [0.29, 0.717) is 19.8 Å². The maximum Gasteiger partial charge on any atom is 0.226 e. The number of benzene rings is 1. The summed E-state index contributed by atoms with van der Waals surface area (Å²) in [6.45, 7) is 5.40. The normalized spacial score (nSPS) is 13.9. The zero-order chi connectivity index (χ0) is 14.3. The number of ether oxygens (including phenoxy) is 1. The van der Waals surface area contributed by atoms with E-state index in [0.717, 1.165) is 5.56 Å². The van der Waals surface area contributed by atoms with E-state index in [9.17, 15) is 4.79 Å². The van der Waals surface area contributed by atoms with Crippen LogP contribution in [0.4, 0.5) is 0 Å². The SMILES string of the molecule is CC(N)C(C)C(=O)N(C)CCOCc1ccccc1. The van der Waals surface area contributed by atoms with Crippen molar-refractivity contribution in [2.24, 2.45) is 11.7 Å². The summed E-state index contributed by atoms with van der Waals surface area (Å²) in [5, 5.41) is 0. The first-order chi connectivity index (χ1) is 9.02. The molecule has 1 aromatic rings. The third-order valence-corrected chi connectivity index (χ3v) is 3.24. The van der Waals surface area contributed by atoms with Crippen LogP contribution >= 0.6 is 0 Å². The van der Waals surface area contributed by atoms with E-state index in [4.69, 9.17) is 10.5 Å². The second kappa shape index (κ2) is 7.92. The van der Waals surface area contributed by atoms with Gasteiger partial charge in [-0.3, -0.25) is 4.79 Å². The van der Waals surface area contributed by atoms with Gasteiger partial charge in [-0.25, -0.2) is 0 Å². The first kappa shape index (κ1) is 15.7. The average molecular weight is 264 g/mol. The summed E-state index contributed by atoms with van der Waals surface area (Å²) >= 11 is 0. The summed E-state index contributed by atoms with van der Waals surface area (Å²) in [5.41, 5.74) is 6.87. The van der Waals surface area contributed by atoms with Crippen molar-refractivity contribution in [1.82, 2.24) is 4.90 Å². The molecule has 0 fully saturated rings. The van der Waals surface area contributed by atoms with Crippen LogP contribution in [-0.4, -0.2) is 37.0 Å². The largest absolute Gasteiger partial charge is 0.375 e. The molecule has 0 aliphatic heterocycles. The molecule has 1 amide bonds. The number of amides is 1. The van der Waals surface area contributed by atoms with E-state index >= 15 is 0 Å². The highest BCUT2D eigenvalue weighted by Gasteiger charge is 2.20. The molecule has 1 rings (SSSR count). The van der Waals surface area contributed by atoms with Gasteiger partial charge in [0.05, 0.1) is 19.1 Å². The number of hydrogen-bond donors (Lipinski definition) is 1. The van der Waals surface area contributed by atoms with Crippen LogP contribution in [0.1, 0.15) is 19.4 Å². The number of carbonyl (C=O) groups excluding carboxylic acids is 1. The van der Waals surface area contributed by atoms with Crippen molar-refractivity contribution in [3.8, 4) is 0 Å². The number of rotatable bonds is 7. The van der Waals surface area contributed by atoms with Gasteiger partial charge in [-0.05, 0) is 12.5 Å². The molecule has 19 heavy (non-hydrogen) atoms. The summed E-state index contributed by atoms with van der Waals surface area (Å²) in [6, 6.07) is 9.86. The van der Waals surface area contributed by atoms with E-state index in [1.54, 1.807) is 11.9 Å². The molecule has 0 spiro atoms. The second-order valence-electron chi connectivity index (χ2n) is 4.95. The minimum Gasteiger partial charge on any atom is -0.375 e. The highest BCUT2D eigenvalue weighted by Crippen LogP contribution is 2.05. The van der Waals surface area contributed by atoms with Gasteiger partial charge < -0.3 is 15.4 Å². The Hall–Kier alpha value is -1.39. The summed E-state index contributed by atoms with van der Waals surface area (Å²) in [6.07, 6.45) is 0. The van der Waals surface area contributed by atoms with Crippen LogP contribution in [0.15, 0.2) is 30.3 Å². The minimum atomic E-state index is -0.154. The highest BCUT2D eigenvalue weighted by atomic mass is 16.5. The number of nitrogens with two attached hydrogens (primary N) is 1. The smallest absolute Gasteiger partial charge is 0.226 e. The van der Waals surface area contributed by atoms with Gasteiger partial charge in [-0.1, -0.05) is 37.3 Å². The third kappa shape index (κ3) is 5.41. The molecule has 0 radical (unpaired) electrons. The van der Waals surface area contributed by atoms with Crippen LogP contribution in [0, 0.1) is 5.92 Å². The van der Waals surface area contributed by atoms with E-state index < -0.39 is 0 Å². The molecule has 0 saturated heterocycles. The maximum atomic E-state index is 11.9. The molecular weight excluding hydrogens is 240 g/mol. The number of nitrogens with zero attached hydrogens (tertiary/aromatic N) is 1. The summed E-state index contributed by atoms with van der Waals surface area (Å²) in [5.74, 6) is -0.0857. The molecule has 2 N–H and O–H groups in total. The molecule has 0 aliphatic rings. The predicted octanol–water partition coefficient (Wildman–Crippen LogP) is 1.64. The third-order valence-electron chi connectivity index (χ3n) is 3.24. The van der Waals surface area contributed by atoms with E-state index in [2.05, 4.69) is 0 Å². The standard InChI is InChI=1S/C15H24N2O2/c1-12(13(2)16)15(18)17(3)9-10-19-11-14-7-5-4-6-8-14/h4-8,12-13H,9-11,16H2,1-3H3. The van der Waals surface area contributed by atoms with Gasteiger partial charge in [0.2, 0.25) is 5.91 Å². The first-order valence-electron chi connectivity index (χ1n) is 6.64. The molecule has 0 saturated carbocycles. The molecule has 2 unspecified atom stereocenters. The Morgan fingerprint density at radius 3 is 2.53 bits per heavy atom. The molecule has 2 atom stereocenters. The van der Waals surface area contributed by atoms with Crippen molar-refractivity contribution in [2.45, 2.75) is 26.5 Å². The minimum absolute atomic E-state index is 0.0679. The van der Waals surface area contributed by atoms with Gasteiger partial charge in [0.1, 0.15) is 0 Å². The summed E-state index contributed by atoms with van der Waals surface area (Å²) in [4.78, 5) is 13.6. The Bertz CT molecular complexity index is 379. The van der Waals surface area contributed by atoms with Crippen molar-refractivity contribution in [3.05, 3.63) is 35.9 Å². The van der Waals surface area contributed by atoms with Gasteiger partial charge >= 0.3 is 0 Å². The van der Waals surface area contributed by atoms with Crippen LogP contribution in [-0.2, 0) is 16.1 Å². The van der Waals surface area contributed by atoms with Crippen molar-refractivity contribution < 1.29 is 9.53 Å². The Labute approximate surface area is 115 Å². The molecule has 0 heterocycles. The lowest BCUT2D eigenvalue weighted by Crippen LogP contribution is -2.41. The Kier molecular flexibility index (Phi) is 6.53. The fourth-order valence-electron chi connectivity index (χ4n) is 1.65. The Balaban J connectivity index is 2.24. The van der Waals surface area contributed by atoms with Crippen molar-refractivity contribution >= 4 is 5.91 Å². The molecule has 0 aliphatic carbocycles. The van der Waals surface area contributed by atoms with E-state index in [-0.39, 0.29) is 17.9 Å². The maximum absolute atomic E-state index is 11.9. The van der Waals surface area contributed by atoms with E-state index in [1.807, 2.05) is 44.2 Å². The van der Waals surface area contributed by atoms with E-state index in [1.165, 1.54) is 0 Å². The topological polar surface area (TPSA) is 55.6 Å². The quantitative estimate of drug-likeness (QED) is 0.762. The summed E-state index contributed by atoms with van der Waals surface area (Å²) < 4.78 is 5.56. The van der Waals surface area contributed by atoms with Crippen molar-refractivity contribution in [1.29, 1.82) is 0 Å². The van der Waals surface area contributed by atoms with Crippen molar-refractivity contribution in [3.63, 3.8) is 0 Å². The van der Waals surface area contributed by atoms with Crippen LogP contribution in [0.2, 0.25) is 0 Å². The lowest BCUT2D eigenvalue weighted by Gasteiger charge is -2.23. The number of hydrogen-bond acceptors (Lipinski definition) is 3. The first-order valence-corrected chi connectivity index (χ1v) is 6.64. The van der Waals surface area contributed by atoms with Crippen molar-refractivity contribution in [2.75, 3.05) is 20.2 Å². The zero-order valence-electron chi connectivity index (χ0n) is 12.0. The Morgan fingerprint density at radius 1 is 1.32 bits per heavy atom. The van der Waals surface area contributed by atoms with Gasteiger partial charge in [0, 0.05) is 19.6 Å². The molecule has 0 aromatic heterocycles. The van der Waals surface area contributed by atoms with Gasteiger partial charge in [0.15, 0.2) is 0 Å². The number of likely N-dealkylation sites (N-methyl/N-ethyl adjacent to an activating group) is 1. The zero-order valence-corrected chi connectivity index (χ0v) is 12.0. The molecule has 4 nitrogen and oxygen atoms in total. The summed E-state index contributed by atoms with van der Waals surface area (Å²) in [7, 11) is 1.78. The average Bonchev–Trinajstić information content (AvgIpc) is 2.42. The fourth-order valence-corrected chi connectivity index (χ4v) is 1.65. The Morgan fingerprint density at radius 2 is 1.95 bits per heavy atom. The highest BCUT2D eigenvalue weighted by molar-refractivity contribution is 5.78. The lowest BCUT2D eigenvalue weighted by molar-refractivity contribution is -0.134. The fraction of sp³-hybridized carbons (Fsp3) is 0.533. The van der Waals surface area contributed by atoms with Crippen LogP contribution in [0.25, 0.3) is 0 Å². The lowest BCUT2D eigenvalue weighted by atomic mass is 10.0. The molecule has 106 valence electrons. The second-order valence-corrected chi connectivity index (χ2v) is 4.95.